The number of carbonyl (C=O) groups is 3. The van der Waals surface area contributed by atoms with Crippen LogP contribution in [0.4, 0.5) is 0 Å². The second-order valence-corrected chi connectivity index (χ2v) is 5.92. The Hall–Kier alpha value is -1.47. The third-order valence-corrected chi connectivity index (χ3v) is 4.06. The van der Waals surface area contributed by atoms with Crippen LogP contribution in [0.5, 0.6) is 0 Å². The molecule has 0 aliphatic carbocycles. The van der Waals surface area contributed by atoms with E-state index in [2.05, 4.69) is 5.32 Å². The monoisotopic (exact) mass is 300 g/mol. The predicted molar refractivity (Wildman–Crippen MR) is 75.3 cm³/mol. The fourth-order valence-corrected chi connectivity index (χ4v) is 2.57. The minimum Gasteiger partial charge on any atom is -0.395 e. The normalized spacial score (nSPS) is 24.9. The summed E-state index contributed by atoms with van der Waals surface area (Å²) in [5.41, 5.74) is -1.14. The number of Topliss-reactive ketones (excluding diaryl/α,β-unsaturated/α-hetero) is 1. The van der Waals surface area contributed by atoms with Crippen molar-refractivity contribution in [1.29, 1.82) is 0 Å². The van der Waals surface area contributed by atoms with Gasteiger partial charge in [-0.2, -0.15) is 0 Å². The summed E-state index contributed by atoms with van der Waals surface area (Å²) in [5.74, 6) is -1.83. The van der Waals surface area contributed by atoms with Crippen molar-refractivity contribution in [3.05, 3.63) is 0 Å². The maximum absolute atomic E-state index is 12.5. The van der Waals surface area contributed by atoms with Gasteiger partial charge in [0.15, 0.2) is 0 Å². The molecule has 0 aromatic carbocycles. The first-order chi connectivity index (χ1) is 9.73. The number of ketones is 1. The van der Waals surface area contributed by atoms with Gasteiger partial charge in [-0.05, 0) is 13.3 Å². The number of aliphatic hydroxyl groups is 2. The Bertz CT molecular complexity index is 422. The van der Waals surface area contributed by atoms with E-state index in [1.54, 1.807) is 14.1 Å². The van der Waals surface area contributed by atoms with Crippen LogP contribution in [0.1, 0.15) is 26.2 Å². The molecule has 1 aliphatic heterocycles. The molecule has 0 bridgehead atoms. The summed E-state index contributed by atoms with van der Waals surface area (Å²) in [7, 11) is 3.11. The second-order valence-electron chi connectivity index (χ2n) is 5.92. The first-order valence-corrected chi connectivity index (χ1v) is 7.03. The molecule has 2 amide bonds. The van der Waals surface area contributed by atoms with Gasteiger partial charge in [0, 0.05) is 33.5 Å². The van der Waals surface area contributed by atoms with Gasteiger partial charge in [-0.15, -0.1) is 0 Å². The maximum Gasteiger partial charge on any atom is 0.228 e. The van der Waals surface area contributed by atoms with E-state index >= 15 is 0 Å². The molecule has 120 valence electrons. The predicted octanol–water partition coefficient (Wildman–Crippen LogP) is -1.08. The van der Waals surface area contributed by atoms with Crippen LogP contribution in [-0.4, -0.2) is 66.1 Å². The van der Waals surface area contributed by atoms with Crippen molar-refractivity contribution >= 4 is 17.6 Å². The number of piperidine rings is 1. The third kappa shape index (κ3) is 4.01. The Morgan fingerprint density at radius 3 is 2.48 bits per heavy atom. The smallest absolute Gasteiger partial charge is 0.228 e. The average Bonchev–Trinajstić information content (AvgIpc) is 2.42. The highest BCUT2D eigenvalue weighted by atomic mass is 16.3. The molecule has 0 spiro atoms. The van der Waals surface area contributed by atoms with Crippen LogP contribution in [0.25, 0.3) is 0 Å². The number of amides is 2. The molecule has 0 radical (unpaired) electrons. The van der Waals surface area contributed by atoms with Gasteiger partial charge in [-0.1, -0.05) is 0 Å². The Labute approximate surface area is 124 Å². The molecule has 1 saturated heterocycles. The number of rotatable bonds is 6. The van der Waals surface area contributed by atoms with Crippen LogP contribution in [0, 0.1) is 11.3 Å². The van der Waals surface area contributed by atoms with Gasteiger partial charge in [-0.25, -0.2) is 0 Å². The lowest BCUT2D eigenvalue weighted by molar-refractivity contribution is -0.146. The van der Waals surface area contributed by atoms with Crippen LogP contribution in [0.15, 0.2) is 0 Å². The molecule has 1 fully saturated rings. The molecule has 1 rings (SSSR count). The maximum atomic E-state index is 12.5. The minimum atomic E-state index is -1.14. The molecular formula is C14H24N2O5. The highest BCUT2D eigenvalue weighted by Crippen LogP contribution is 2.33. The van der Waals surface area contributed by atoms with Crippen LogP contribution in [0.2, 0.25) is 0 Å². The minimum absolute atomic E-state index is 0.0784. The Balaban J connectivity index is 2.89. The zero-order chi connectivity index (χ0) is 16.2. The van der Waals surface area contributed by atoms with E-state index in [9.17, 15) is 24.6 Å². The van der Waals surface area contributed by atoms with E-state index in [0.29, 0.717) is 13.0 Å². The Morgan fingerprint density at radius 1 is 1.43 bits per heavy atom. The Kier molecular flexibility index (Phi) is 5.86. The number of carbonyl (C=O) groups excluding carboxylic acids is 3. The molecule has 3 atom stereocenters. The quantitative estimate of drug-likeness (QED) is 0.578. The van der Waals surface area contributed by atoms with Gasteiger partial charge in [-0.3, -0.25) is 14.4 Å². The van der Waals surface area contributed by atoms with Gasteiger partial charge in [0.1, 0.15) is 5.78 Å². The largest absolute Gasteiger partial charge is 0.395 e. The molecule has 3 N–H and O–H groups in total. The van der Waals surface area contributed by atoms with E-state index in [-0.39, 0.29) is 30.4 Å². The van der Waals surface area contributed by atoms with Crippen LogP contribution in [0.3, 0.4) is 0 Å². The molecule has 1 aliphatic rings. The summed E-state index contributed by atoms with van der Waals surface area (Å²) >= 11 is 0. The van der Waals surface area contributed by atoms with Crippen LogP contribution in [-0.2, 0) is 14.4 Å². The van der Waals surface area contributed by atoms with Crippen LogP contribution >= 0.6 is 0 Å². The molecule has 0 saturated carbocycles. The van der Waals surface area contributed by atoms with E-state index in [1.807, 2.05) is 0 Å². The van der Waals surface area contributed by atoms with Gasteiger partial charge >= 0.3 is 0 Å². The van der Waals surface area contributed by atoms with Crippen molar-refractivity contribution in [3.8, 4) is 0 Å². The lowest BCUT2D eigenvalue weighted by Crippen LogP contribution is -2.49. The van der Waals surface area contributed by atoms with Crippen molar-refractivity contribution in [2.75, 3.05) is 27.2 Å². The summed E-state index contributed by atoms with van der Waals surface area (Å²) in [6.07, 6.45) is -0.887. The van der Waals surface area contributed by atoms with Crippen molar-refractivity contribution < 1.29 is 24.6 Å². The number of hydrogen-bond donors (Lipinski definition) is 3. The molecule has 7 nitrogen and oxygen atoms in total. The number of aliphatic hydroxyl groups excluding tert-OH is 2. The summed E-state index contributed by atoms with van der Waals surface area (Å²) in [4.78, 5) is 37.4. The molecule has 1 unspecified atom stereocenters. The van der Waals surface area contributed by atoms with Crippen molar-refractivity contribution in [1.82, 2.24) is 10.2 Å². The van der Waals surface area contributed by atoms with Crippen LogP contribution < -0.4 is 5.32 Å². The fourth-order valence-electron chi connectivity index (χ4n) is 2.57. The standard InChI is InChI=1S/C14H24N2O5/c1-9(18)10(13(21)16(2)3)6-11(19)14(8-17)4-5-15-12(20)7-14/h9-10,17-18H,4-8H2,1-3H3,(H,15,20)/t9-,10+,14?/m1/s1. The first kappa shape index (κ1) is 17.6. The highest BCUT2D eigenvalue weighted by molar-refractivity contribution is 5.94. The van der Waals surface area contributed by atoms with Gasteiger partial charge in [0.2, 0.25) is 11.8 Å². The number of nitrogens with one attached hydrogen (secondary N) is 1. The van der Waals surface area contributed by atoms with E-state index in [0.717, 1.165) is 0 Å². The number of nitrogens with zero attached hydrogens (tertiary/aromatic N) is 1. The van der Waals surface area contributed by atoms with Gasteiger partial charge in [0.05, 0.1) is 24.0 Å². The molecular weight excluding hydrogens is 276 g/mol. The lowest BCUT2D eigenvalue weighted by Gasteiger charge is -2.35. The third-order valence-electron chi connectivity index (χ3n) is 4.06. The SMILES string of the molecule is C[C@@H](O)[C@H](CC(=O)C1(CO)CCNC(=O)C1)C(=O)N(C)C. The second kappa shape index (κ2) is 7.00. The zero-order valence-corrected chi connectivity index (χ0v) is 12.8. The first-order valence-electron chi connectivity index (χ1n) is 7.03. The highest BCUT2D eigenvalue weighted by Gasteiger charge is 2.43. The number of hydrogen-bond acceptors (Lipinski definition) is 5. The van der Waals surface area contributed by atoms with E-state index in [1.165, 1.54) is 11.8 Å². The molecule has 0 aromatic heterocycles. The van der Waals surface area contributed by atoms with Crippen molar-refractivity contribution in [2.24, 2.45) is 11.3 Å². The fraction of sp³-hybridized carbons (Fsp3) is 0.786. The summed E-state index contributed by atoms with van der Waals surface area (Å²) in [6, 6.07) is 0. The van der Waals surface area contributed by atoms with Crippen molar-refractivity contribution in [2.45, 2.75) is 32.3 Å². The molecule has 21 heavy (non-hydrogen) atoms. The lowest BCUT2D eigenvalue weighted by atomic mass is 9.72. The van der Waals surface area contributed by atoms with E-state index < -0.39 is 24.0 Å². The summed E-state index contributed by atoms with van der Waals surface area (Å²) in [5, 5.41) is 21.9. The summed E-state index contributed by atoms with van der Waals surface area (Å²) in [6.45, 7) is 1.35. The topological polar surface area (TPSA) is 107 Å². The molecule has 1 heterocycles. The van der Waals surface area contributed by atoms with E-state index in [4.69, 9.17) is 0 Å². The average molecular weight is 300 g/mol. The zero-order valence-electron chi connectivity index (χ0n) is 12.8. The van der Waals surface area contributed by atoms with Crippen molar-refractivity contribution in [3.63, 3.8) is 0 Å². The summed E-state index contributed by atoms with van der Waals surface area (Å²) < 4.78 is 0. The van der Waals surface area contributed by atoms with Gasteiger partial charge in [0.25, 0.3) is 0 Å². The molecule has 7 heteroatoms. The Morgan fingerprint density at radius 2 is 2.05 bits per heavy atom. The van der Waals surface area contributed by atoms with Gasteiger partial charge < -0.3 is 20.4 Å². The molecule has 0 aromatic rings.